The van der Waals surface area contributed by atoms with Crippen molar-refractivity contribution in [1.82, 2.24) is 73.2 Å². The number of carboxylic acid groups (broad SMARTS) is 2. The largest absolute Gasteiger partial charge is 0.481 e. The van der Waals surface area contributed by atoms with E-state index in [-0.39, 0.29) is 122 Å². The lowest BCUT2D eigenvalue weighted by atomic mass is 9.97. The Labute approximate surface area is 619 Å². The van der Waals surface area contributed by atoms with E-state index < -0.39 is 229 Å². The maximum atomic E-state index is 15.3. The van der Waals surface area contributed by atoms with E-state index >= 15 is 14.4 Å². The van der Waals surface area contributed by atoms with E-state index in [1.807, 2.05) is 0 Å². The molecule has 106 heavy (non-hydrogen) atoms. The average Bonchev–Trinajstić information content (AvgIpc) is 1.63. The summed E-state index contributed by atoms with van der Waals surface area (Å²) >= 11 is 0. The first-order valence-corrected chi connectivity index (χ1v) is 37.9. The SMILES string of the molecule is CC[C@H](C)[C@@H]1NC(=O)[C@@H]2CCCN2C(=O)[C@@H]2CCCN2C(=O)[C@H](CCC(=O)O)NC(=O)[C@H](CO)NC(=O)[C@H](CCCCN)NC(=O)[C@H]([C@@H](C)O)NC(=O)[C@@H]2CSSC[C@H](NC1=O)C(=O)N[C@@H](Cc1ccccc1)C(=O)N1CCC[C@@H]1C(=O)N[C@@H](CC(=O)O)C(=O)NCC(=O)N[C@@H](CCCN=C(N)N)C(=O)N2. The molecule has 2 bridgehead atoms. The number of rotatable bonds is 19. The highest BCUT2D eigenvalue weighted by Crippen LogP contribution is 2.29. The molecule has 5 fully saturated rings. The van der Waals surface area contributed by atoms with Gasteiger partial charge >= 0.3 is 11.9 Å². The summed E-state index contributed by atoms with van der Waals surface area (Å²) in [4.78, 5) is 236. The number of carbonyl (C=O) groups excluding carboxylic acids is 14. The number of nitrogens with two attached hydrogens (primary N) is 3. The lowest BCUT2D eigenvalue weighted by Gasteiger charge is -2.34. The molecule has 5 heterocycles. The summed E-state index contributed by atoms with van der Waals surface area (Å²) in [6.45, 7) is 2.25. The molecule has 0 unspecified atom stereocenters. The second-order valence-corrected chi connectivity index (χ2v) is 29.2. The number of aliphatic hydroxyl groups is 2. The van der Waals surface area contributed by atoms with Crippen LogP contribution in [0.3, 0.4) is 0 Å². The molecule has 21 N–H and O–H groups in total. The van der Waals surface area contributed by atoms with E-state index in [0.29, 0.717) is 5.56 Å². The molecule has 586 valence electrons. The molecule has 5 saturated heterocycles. The van der Waals surface area contributed by atoms with Gasteiger partial charge in [-0.3, -0.25) is 81.7 Å². The third-order valence-electron chi connectivity index (χ3n) is 18.8. The second kappa shape index (κ2) is 42.1. The van der Waals surface area contributed by atoms with Crippen LogP contribution in [0.2, 0.25) is 0 Å². The number of fused-ring (bicyclic) bond motifs is 8. The Morgan fingerprint density at radius 2 is 1.03 bits per heavy atom. The van der Waals surface area contributed by atoms with Crippen LogP contribution in [0.4, 0.5) is 0 Å². The first-order chi connectivity index (χ1) is 50.5. The quantitative estimate of drug-likeness (QED) is 0.0265. The smallest absolute Gasteiger partial charge is 0.305 e. The Morgan fingerprint density at radius 1 is 0.538 bits per heavy atom. The summed E-state index contributed by atoms with van der Waals surface area (Å²) in [5, 5.41) is 69.1. The molecule has 38 nitrogen and oxygen atoms in total. The number of hydrogen-bond donors (Lipinski definition) is 18. The van der Waals surface area contributed by atoms with Gasteiger partial charge in [-0.2, -0.15) is 0 Å². The normalized spacial score (nSPS) is 28.0. The predicted molar refractivity (Wildman–Crippen MR) is 382 cm³/mol. The summed E-state index contributed by atoms with van der Waals surface area (Å²) in [7, 11) is 1.65. The number of guanidine groups is 1. The van der Waals surface area contributed by atoms with Crippen molar-refractivity contribution in [2.24, 2.45) is 28.1 Å². The lowest BCUT2D eigenvalue weighted by molar-refractivity contribution is -0.148. The fourth-order valence-electron chi connectivity index (χ4n) is 12.8. The van der Waals surface area contributed by atoms with Crippen LogP contribution in [0.25, 0.3) is 0 Å². The number of nitrogens with one attached hydrogen (secondary N) is 11. The Balaban J connectivity index is 1.50. The van der Waals surface area contributed by atoms with Gasteiger partial charge in [-0.1, -0.05) is 72.2 Å². The Kier molecular flexibility index (Phi) is 33.9. The van der Waals surface area contributed by atoms with E-state index in [1.54, 1.807) is 44.2 Å². The molecule has 0 aromatic heterocycles. The molecule has 14 amide bonds. The van der Waals surface area contributed by atoms with Crippen molar-refractivity contribution in [3.8, 4) is 0 Å². The molecular weight excluding hydrogens is 1430 g/mol. The predicted octanol–water partition coefficient (Wildman–Crippen LogP) is -6.48. The summed E-state index contributed by atoms with van der Waals surface area (Å²) < 4.78 is 0. The van der Waals surface area contributed by atoms with Gasteiger partial charge in [0.05, 0.1) is 25.7 Å². The van der Waals surface area contributed by atoms with Crippen LogP contribution >= 0.6 is 21.6 Å². The Bertz CT molecular complexity index is 3370. The zero-order chi connectivity index (χ0) is 77.9. The third-order valence-corrected chi connectivity index (χ3v) is 21.2. The fourth-order valence-corrected chi connectivity index (χ4v) is 15.1. The molecule has 0 spiro atoms. The Morgan fingerprint density at radius 3 is 1.61 bits per heavy atom. The Hall–Kier alpha value is -9.41. The van der Waals surface area contributed by atoms with Gasteiger partial charge in [0.2, 0.25) is 82.7 Å². The number of amides is 14. The number of unbranched alkanes of at least 4 members (excludes halogenated alkanes) is 1. The van der Waals surface area contributed by atoms with Crippen molar-refractivity contribution < 1.29 is 97.1 Å². The number of carboxylic acids is 2. The minimum Gasteiger partial charge on any atom is -0.481 e. The zero-order valence-corrected chi connectivity index (χ0v) is 61.0. The summed E-state index contributed by atoms with van der Waals surface area (Å²) in [5.74, 6) is -19.1. The molecule has 1 aromatic rings. The van der Waals surface area contributed by atoms with Crippen LogP contribution in [-0.2, 0) is 83.1 Å². The third kappa shape index (κ3) is 25.1. The van der Waals surface area contributed by atoms with Gasteiger partial charge in [0.25, 0.3) is 0 Å². The molecule has 0 aliphatic carbocycles. The number of aliphatic carboxylic acids is 2. The van der Waals surface area contributed by atoms with Gasteiger partial charge in [-0.05, 0) is 102 Å². The summed E-state index contributed by atoms with van der Waals surface area (Å²) in [6, 6.07) is -12.6. The minimum atomic E-state index is -1.99. The minimum absolute atomic E-state index is 0.00540. The molecule has 40 heteroatoms. The molecule has 0 radical (unpaired) electrons. The van der Waals surface area contributed by atoms with Gasteiger partial charge < -0.3 is 111 Å². The number of hydrogen-bond acceptors (Lipinski definition) is 22. The van der Waals surface area contributed by atoms with Crippen LogP contribution < -0.4 is 75.7 Å². The van der Waals surface area contributed by atoms with Crippen molar-refractivity contribution in [1.29, 1.82) is 0 Å². The van der Waals surface area contributed by atoms with Crippen LogP contribution in [0.5, 0.6) is 0 Å². The van der Waals surface area contributed by atoms with Crippen LogP contribution in [0, 0.1) is 5.92 Å². The summed E-state index contributed by atoms with van der Waals surface area (Å²) in [5.41, 5.74) is 17.4. The molecule has 5 aliphatic rings. The first-order valence-electron chi connectivity index (χ1n) is 35.4. The van der Waals surface area contributed by atoms with E-state index in [9.17, 15) is 82.8 Å². The number of benzene rings is 1. The fraction of sp³-hybridized carbons (Fsp3) is 0.652. The van der Waals surface area contributed by atoms with Crippen LogP contribution in [0.15, 0.2) is 35.3 Å². The highest BCUT2D eigenvalue weighted by molar-refractivity contribution is 8.76. The molecule has 1 aromatic carbocycles. The zero-order valence-electron chi connectivity index (χ0n) is 59.4. The first kappa shape index (κ1) is 85.5. The van der Waals surface area contributed by atoms with E-state index in [4.69, 9.17) is 17.2 Å². The number of carbonyl (C=O) groups is 16. The standard InChI is InChI=1S/C66H100N18O20S2/c1-4-34(2)51-61(100)79-43-32-105-106-33-44(78-54(93)37(17-10-24-70-66(68)69)72-48(87)30-71-53(92)40(29-50(90)91)75-59(98)45-18-11-25-82(45)64(103)41(76-57(43)96)28-36-14-6-5-7-15-36)58(97)81-52(35(3)86)62(101)73-38(16-8-9-23-67)55(94)77-42(31-85)56(95)74-39(21-22-49(88)89)63(102)84-27-13-20-47(84)65(104)83-26-12-19-46(83)60(99)80-51/h5-7,14-15,34-35,37-47,51-52,85-86H,4,8-13,16-33,67H2,1-3H3,(H,71,92)(H,72,87)(H,73,101)(H,74,95)(H,75,98)(H,76,96)(H,77,94)(H,78,93)(H,79,100)(H,80,99)(H,81,97)(H,88,89)(H,90,91)(H4,68,69,70)/t34-,35+,37-,38-,39-,40-,41-,42-,43-,44-,45+,46-,47-,51-,52-/m0/s1. The highest BCUT2D eigenvalue weighted by Gasteiger charge is 2.47. The number of nitrogens with zero attached hydrogens (tertiary/aromatic N) is 4. The van der Waals surface area contributed by atoms with Crippen molar-refractivity contribution in [2.75, 3.05) is 57.4 Å². The molecule has 0 saturated carbocycles. The van der Waals surface area contributed by atoms with Gasteiger partial charge in [-0.25, -0.2) is 0 Å². The van der Waals surface area contributed by atoms with Gasteiger partial charge in [0, 0.05) is 50.5 Å². The van der Waals surface area contributed by atoms with Gasteiger partial charge in [-0.15, -0.1) is 0 Å². The van der Waals surface area contributed by atoms with E-state index in [0.717, 1.165) is 38.3 Å². The molecule has 5 aliphatic heterocycles. The van der Waals surface area contributed by atoms with Crippen LogP contribution in [-0.4, -0.2) is 278 Å². The maximum Gasteiger partial charge on any atom is 0.305 e. The highest BCUT2D eigenvalue weighted by atomic mass is 33.1. The van der Waals surface area contributed by atoms with Gasteiger partial charge in [0.15, 0.2) is 5.96 Å². The monoisotopic (exact) mass is 1530 g/mol. The maximum absolute atomic E-state index is 15.3. The van der Waals surface area contributed by atoms with Crippen molar-refractivity contribution in [3.63, 3.8) is 0 Å². The van der Waals surface area contributed by atoms with E-state index in [2.05, 4.69) is 63.5 Å². The number of aliphatic imine (C=N–C) groups is 1. The average molecular weight is 1530 g/mol. The van der Waals surface area contributed by atoms with Crippen molar-refractivity contribution >= 4 is 122 Å². The lowest BCUT2D eigenvalue weighted by Crippen LogP contribution is -2.62. The molecular formula is C66H100N18O20S2. The van der Waals surface area contributed by atoms with Crippen LogP contribution in [0.1, 0.15) is 123 Å². The van der Waals surface area contributed by atoms with E-state index in [1.165, 1.54) is 4.90 Å². The molecule has 15 atom stereocenters. The van der Waals surface area contributed by atoms with Crippen molar-refractivity contribution in [2.45, 2.75) is 208 Å². The second-order valence-electron chi connectivity index (χ2n) is 26.6. The topological polar surface area (TPSA) is 587 Å². The summed E-state index contributed by atoms with van der Waals surface area (Å²) in [6.07, 6.45) is -3.27. The van der Waals surface area contributed by atoms with Crippen molar-refractivity contribution in [3.05, 3.63) is 35.9 Å². The number of aliphatic hydroxyl groups excluding tert-OH is 2. The molecule has 6 rings (SSSR count). The van der Waals surface area contributed by atoms with Gasteiger partial charge in [0.1, 0.15) is 78.5 Å².